The first-order valence-corrected chi connectivity index (χ1v) is 7.53. The Morgan fingerprint density at radius 2 is 1.68 bits per heavy atom. The van der Waals surface area contributed by atoms with E-state index in [1.807, 2.05) is 17.8 Å². The molecule has 0 amide bonds. The average Bonchev–Trinajstić information content (AvgIpc) is 2.47. The van der Waals surface area contributed by atoms with E-state index >= 15 is 0 Å². The van der Waals surface area contributed by atoms with Gasteiger partial charge in [0.05, 0.1) is 21.3 Å². The molecule has 0 unspecified atom stereocenters. The van der Waals surface area contributed by atoms with Crippen LogP contribution < -0.4 is 14.2 Å². The van der Waals surface area contributed by atoms with Crippen LogP contribution in [0, 0.1) is 0 Å². The Morgan fingerprint density at radius 1 is 1.00 bits per heavy atom. The van der Waals surface area contributed by atoms with E-state index in [1.54, 1.807) is 21.3 Å². The molecular weight excluding hydrogens is 262 g/mol. The van der Waals surface area contributed by atoms with E-state index in [0.717, 1.165) is 30.9 Å². The normalized spacial score (nSPS) is 16.2. The molecule has 0 spiro atoms. The van der Waals surface area contributed by atoms with Gasteiger partial charge < -0.3 is 14.2 Å². The fourth-order valence-corrected chi connectivity index (χ4v) is 3.27. The van der Waals surface area contributed by atoms with Crippen LogP contribution in [0.4, 0.5) is 0 Å². The number of methoxy groups -OCH3 is 3. The van der Waals surface area contributed by atoms with E-state index in [4.69, 9.17) is 14.2 Å². The van der Waals surface area contributed by atoms with Crippen molar-refractivity contribution in [2.75, 3.05) is 45.9 Å². The molecular formula is C14H21NO3S. The minimum absolute atomic E-state index is 0.675. The Bertz CT molecular complexity index is 419. The number of rotatable bonds is 5. The van der Waals surface area contributed by atoms with Gasteiger partial charge in [0.25, 0.3) is 0 Å². The van der Waals surface area contributed by atoms with Crippen LogP contribution in [0.2, 0.25) is 0 Å². The number of hydrogen-bond donors (Lipinski definition) is 0. The molecule has 1 fully saturated rings. The fourth-order valence-electron chi connectivity index (χ4n) is 2.29. The molecule has 19 heavy (non-hydrogen) atoms. The number of benzene rings is 1. The van der Waals surface area contributed by atoms with Crippen LogP contribution in [0.15, 0.2) is 12.1 Å². The predicted octanol–water partition coefficient (Wildman–Crippen LogP) is 2.26. The number of hydrogen-bond acceptors (Lipinski definition) is 5. The van der Waals surface area contributed by atoms with Crippen molar-refractivity contribution in [2.45, 2.75) is 6.54 Å². The monoisotopic (exact) mass is 283 g/mol. The zero-order valence-corrected chi connectivity index (χ0v) is 12.6. The molecule has 1 heterocycles. The smallest absolute Gasteiger partial charge is 0.203 e. The van der Waals surface area contributed by atoms with Gasteiger partial charge in [-0.25, -0.2) is 0 Å². The molecule has 0 N–H and O–H groups in total. The van der Waals surface area contributed by atoms with Gasteiger partial charge in [-0.2, -0.15) is 11.8 Å². The fraction of sp³-hybridized carbons (Fsp3) is 0.571. The molecule has 1 aromatic carbocycles. The highest BCUT2D eigenvalue weighted by atomic mass is 32.2. The molecule has 0 bridgehead atoms. The van der Waals surface area contributed by atoms with Crippen LogP contribution in [-0.4, -0.2) is 50.8 Å². The molecule has 0 saturated carbocycles. The van der Waals surface area contributed by atoms with Gasteiger partial charge in [0.2, 0.25) is 5.75 Å². The molecule has 0 aliphatic carbocycles. The van der Waals surface area contributed by atoms with Crippen molar-refractivity contribution in [1.29, 1.82) is 0 Å². The summed E-state index contributed by atoms with van der Waals surface area (Å²) in [6.07, 6.45) is 0. The lowest BCUT2D eigenvalue weighted by Crippen LogP contribution is -2.32. The first-order chi connectivity index (χ1) is 9.30. The summed E-state index contributed by atoms with van der Waals surface area (Å²) in [7, 11) is 4.95. The van der Waals surface area contributed by atoms with Crippen molar-refractivity contribution in [2.24, 2.45) is 0 Å². The van der Waals surface area contributed by atoms with Crippen LogP contribution in [0.1, 0.15) is 5.56 Å². The second-order valence-electron chi connectivity index (χ2n) is 4.38. The maximum Gasteiger partial charge on any atom is 0.203 e. The zero-order chi connectivity index (χ0) is 13.7. The van der Waals surface area contributed by atoms with Crippen LogP contribution >= 0.6 is 11.8 Å². The molecule has 2 rings (SSSR count). The van der Waals surface area contributed by atoms with Gasteiger partial charge >= 0.3 is 0 Å². The molecule has 0 atom stereocenters. The van der Waals surface area contributed by atoms with Gasteiger partial charge in [0, 0.05) is 36.7 Å². The minimum atomic E-state index is 0.675. The second-order valence-corrected chi connectivity index (χ2v) is 5.61. The number of thioether (sulfide) groups is 1. The van der Waals surface area contributed by atoms with Gasteiger partial charge in [-0.1, -0.05) is 6.07 Å². The molecule has 1 aromatic rings. The Hall–Kier alpha value is -1.07. The zero-order valence-electron chi connectivity index (χ0n) is 11.8. The highest BCUT2D eigenvalue weighted by Crippen LogP contribution is 2.40. The van der Waals surface area contributed by atoms with Crippen molar-refractivity contribution < 1.29 is 14.2 Å². The Balaban J connectivity index is 2.23. The third-order valence-electron chi connectivity index (χ3n) is 3.28. The SMILES string of the molecule is COc1ccc(CN2CCSCC2)c(OC)c1OC. The molecule has 0 aromatic heterocycles. The summed E-state index contributed by atoms with van der Waals surface area (Å²) >= 11 is 2.02. The van der Waals surface area contributed by atoms with E-state index in [-0.39, 0.29) is 0 Å². The summed E-state index contributed by atoms with van der Waals surface area (Å²) in [5.41, 5.74) is 1.15. The molecule has 4 nitrogen and oxygen atoms in total. The van der Waals surface area contributed by atoms with Crippen LogP contribution in [0.25, 0.3) is 0 Å². The van der Waals surface area contributed by atoms with Crippen LogP contribution in [-0.2, 0) is 6.54 Å². The van der Waals surface area contributed by atoms with Crippen molar-refractivity contribution >= 4 is 11.8 Å². The third-order valence-corrected chi connectivity index (χ3v) is 4.23. The van der Waals surface area contributed by atoms with Gasteiger partial charge in [0.15, 0.2) is 11.5 Å². The van der Waals surface area contributed by atoms with Crippen molar-refractivity contribution in [3.8, 4) is 17.2 Å². The van der Waals surface area contributed by atoms with Crippen molar-refractivity contribution in [3.63, 3.8) is 0 Å². The van der Waals surface area contributed by atoms with E-state index in [9.17, 15) is 0 Å². The highest BCUT2D eigenvalue weighted by molar-refractivity contribution is 7.99. The lowest BCUT2D eigenvalue weighted by molar-refractivity contribution is 0.281. The van der Waals surface area contributed by atoms with Crippen molar-refractivity contribution in [1.82, 2.24) is 4.90 Å². The maximum atomic E-state index is 5.51. The van der Waals surface area contributed by atoms with Gasteiger partial charge in [-0.3, -0.25) is 4.90 Å². The first-order valence-electron chi connectivity index (χ1n) is 6.38. The second kappa shape index (κ2) is 6.91. The molecule has 106 valence electrons. The van der Waals surface area contributed by atoms with E-state index < -0.39 is 0 Å². The van der Waals surface area contributed by atoms with Gasteiger partial charge in [0.1, 0.15) is 0 Å². The lowest BCUT2D eigenvalue weighted by atomic mass is 10.1. The summed E-state index contributed by atoms with van der Waals surface area (Å²) < 4.78 is 16.2. The molecule has 1 aliphatic heterocycles. The Kier molecular flexibility index (Phi) is 5.22. The summed E-state index contributed by atoms with van der Waals surface area (Å²) in [4.78, 5) is 2.44. The predicted molar refractivity (Wildman–Crippen MR) is 78.7 cm³/mol. The number of ether oxygens (including phenoxy) is 3. The lowest BCUT2D eigenvalue weighted by Gasteiger charge is -2.27. The minimum Gasteiger partial charge on any atom is -0.493 e. The molecule has 1 saturated heterocycles. The largest absolute Gasteiger partial charge is 0.493 e. The molecule has 0 radical (unpaired) electrons. The first kappa shape index (κ1) is 14.3. The molecule has 1 aliphatic rings. The van der Waals surface area contributed by atoms with Gasteiger partial charge in [-0.15, -0.1) is 0 Å². The number of nitrogens with zero attached hydrogens (tertiary/aromatic N) is 1. The van der Waals surface area contributed by atoms with E-state index in [2.05, 4.69) is 11.0 Å². The van der Waals surface area contributed by atoms with Crippen molar-refractivity contribution in [3.05, 3.63) is 17.7 Å². The van der Waals surface area contributed by atoms with E-state index in [0.29, 0.717) is 11.5 Å². The highest BCUT2D eigenvalue weighted by Gasteiger charge is 2.18. The summed E-state index contributed by atoms with van der Waals surface area (Å²) in [6.45, 7) is 3.15. The van der Waals surface area contributed by atoms with E-state index in [1.165, 1.54) is 11.5 Å². The topological polar surface area (TPSA) is 30.9 Å². The van der Waals surface area contributed by atoms with Gasteiger partial charge in [-0.05, 0) is 6.07 Å². The van der Waals surface area contributed by atoms with Crippen LogP contribution in [0.3, 0.4) is 0 Å². The average molecular weight is 283 g/mol. The summed E-state index contributed by atoms with van der Waals surface area (Å²) in [5.74, 6) is 4.57. The maximum absolute atomic E-state index is 5.51. The Labute approximate surface area is 119 Å². The quantitative estimate of drug-likeness (QED) is 0.827. The Morgan fingerprint density at radius 3 is 2.26 bits per heavy atom. The molecule has 5 heteroatoms. The standard InChI is InChI=1S/C14H21NO3S/c1-16-12-5-4-11(13(17-2)14(12)18-3)10-15-6-8-19-9-7-15/h4-5H,6-10H2,1-3H3. The summed E-state index contributed by atoms with van der Waals surface area (Å²) in [6, 6.07) is 4.00. The van der Waals surface area contributed by atoms with Crippen LogP contribution in [0.5, 0.6) is 17.2 Å². The third kappa shape index (κ3) is 3.28. The summed E-state index contributed by atoms with van der Waals surface area (Å²) in [5, 5.41) is 0.